The number of carbonyl (C=O) groups excluding carboxylic acids is 1. The molecular formula is C17H27N3O. The van der Waals surface area contributed by atoms with Crippen molar-refractivity contribution in [2.75, 3.05) is 26.2 Å². The van der Waals surface area contributed by atoms with E-state index in [2.05, 4.69) is 19.1 Å². The molecule has 0 spiro atoms. The molecule has 1 heterocycles. The van der Waals surface area contributed by atoms with Crippen LogP contribution in [0.1, 0.15) is 31.7 Å². The van der Waals surface area contributed by atoms with Crippen molar-refractivity contribution in [1.29, 1.82) is 0 Å². The first-order chi connectivity index (χ1) is 10.2. The van der Waals surface area contributed by atoms with Gasteiger partial charge in [-0.3, -0.25) is 0 Å². The number of hydrogen-bond donors (Lipinski definition) is 1. The smallest absolute Gasteiger partial charge is 0.320 e. The van der Waals surface area contributed by atoms with Crippen molar-refractivity contribution >= 4 is 6.03 Å². The molecule has 1 saturated heterocycles. The molecule has 0 radical (unpaired) electrons. The number of nitrogens with two attached hydrogens (primary N) is 1. The summed E-state index contributed by atoms with van der Waals surface area (Å²) in [5, 5.41) is 0. The van der Waals surface area contributed by atoms with Crippen molar-refractivity contribution in [2.24, 2.45) is 11.7 Å². The lowest BCUT2D eigenvalue weighted by molar-refractivity contribution is 0.128. The van der Waals surface area contributed by atoms with Crippen molar-refractivity contribution in [1.82, 2.24) is 9.80 Å². The molecule has 1 atom stereocenters. The summed E-state index contributed by atoms with van der Waals surface area (Å²) < 4.78 is 0. The summed E-state index contributed by atoms with van der Waals surface area (Å²) in [6, 6.07) is 10.3. The first-order valence-corrected chi connectivity index (χ1v) is 7.98. The Morgan fingerprint density at radius 3 is 2.81 bits per heavy atom. The van der Waals surface area contributed by atoms with Crippen LogP contribution in [0.25, 0.3) is 0 Å². The summed E-state index contributed by atoms with van der Waals surface area (Å²) in [5.41, 5.74) is 6.79. The van der Waals surface area contributed by atoms with E-state index in [0.717, 1.165) is 32.5 Å². The minimum absolute atomic E-state index is 0.166. The molecule has 1 aromatic rings. The molecule has 4 heteroatoms. The van der Waals surface area contributed by atoms with Crippen molar-refractivity contribution in [2.45, 2.75) is 32.7 Å². The third-order valence-corrected chi connectivity index (χ3v) is 4.05. The van der Waals surface area contributed by atoms with Gasteiger partial charge in [0.2, 0.25) is 0 Å². The van der Waals surface area contributed by atoms with E-state index in [-0.39, 0.29) is 6.03 Å². The maximum absolute atomic E-state index is 12.8. The summed E-state index contributed by atoms with van der Waals surface area (Å²) >= 11 is 0. The van der Waals surface area contributed by atoms with Gasteiger partial charge in [0, 0.05) is 26.2 Å². The maximum Gasteiger partial charge on any atom is 0.320 e. The van der Waals surface area contributed by atoms with E-state index in [4.69, 9.17) is 5.73 Å². The fourth-order valence-corrected chi connectivity index (χ4v) is 2.89. The molecule has 4 nitrogen and oxygen atoms in total. The standard InChI is InChI=1S/C17H27N3O/c1-15-7-5-11-19(13-15)17(21)20(12-6-10-18)14-16-8-3-2-4-9-16/h2-4,8-9,15H,5-7,10-14,18H2,1H3. The molecule has 1 aliphatic heterocycles. The van der Waals surface area contributed by atoms with Gasteiger partial charge < -0.3 is 15.5 Å². The first kappa shape index (κ1) is 15.8. The van der Waals surface area contributed by atoms with Crippen molar-refractivity contribution in [3.63, 3.8) is 0 Å². The number of piperidine rings is 1. The third kappa shape index (κ3) is 4.74. The van der Waals surface area contributed by atoms with Gasteiger partial charge in [0.05, 0.1) is 0 Å². The highest BCUT2D eigenvalue weighted by Gasteiger charge is 2.25. The molecular weight excluding hydrogens is 262 g/mol. The Bertz CT molecular complexity index is 435. The summed E-state index contributed by atoms with van der Waals surface area (Å²) in [6.45, 7) is 6.01. The second kappa shape index (κ2) is 8.03. The molecule has 116 valence electrons. The SMILES string of the molecule is CC1CCCN(C(=O)N(CCCN)Cc2ccccc2)C1. The largest absolute Gasteiger partial charge is 0.330 e. The molecule has 0 bridgehead atoms. The Morgan fingerprint density at radius 2 is 2.14 bits per heavy atom. The summed E-state index contributed by atoms with van der Waals surface area (Å²) in [7, 11) is 0. The van der Waals surface area contributed by atoms with E-state index in [1.807, 2.05) is 28.0 Å². The molecule has 2 amide bonds. The Balaban J connectivity index is 2.02. The van der Waals surface area contributed by atoms with Gasteiger partial charge in [-0.15, -0.1) is 0 Å². The van der Waals surface area contributed by atoms with Crippen LogP contribution in [0.3, 0.4) is 0 Å². The highest BCUT2D eigenvalue weighted by Crippen LogP contribution is 2.18. The monoisotopic (exact) mass is 289 g/mol. The lowest BCUT2D eigenvalue weighted by Crippen LogP contribution is -2.47. The number of rotatable bonds is 5. The Hall–Kier alpha value is -1.55. The molecule has 1 unspecified atom stereocenters. The Kier molecular flexibility index (Phi) is 6.05. The van der Waals surface area contributed by atoms with Crippen molar-refractivity contribution < 1.29 is 4.79 Å². The maximum atomic E-state index is 12.8. The highest BCUT2D eigenvalue weighted by molar-refractivity contribution is 5.74. The van der Waals surface area contributed by atoms with Crippen LogP contribution in [0.4, 0.5) is 4.79 Å². The van der Waals surface area contributed by atoms with Crippen LogP contribution >= 0.6 is 0 Å². The van der Waals surface area contributed by atoms with E-state index < -0.39 is 0 Å². The van der Waals surface area contributed by atoms with Gasteiger partial charge in [-0.2, -0.15) is 0 Å². The van der Waals surface area contributed by atoms with Gasteiger partial charge in [-0.05, 0) is 37.3 Å². The molecule has 0 aromatic heterocycles. The van der Waals surface area contributed by atoms with Crippen LogP contribution < -0.4 is 5.73 Å². The van der Waals surface area contributed by atoms with Crippen LogP contribution in [-0.2, 0) is 6.54 Å². The molecule has 2 N–H and O–H groups in total. The van der Waals surface area contributed by atoms with Crippen LogP contribution in [0.15, 0.2) is 30.3 Å². The van der Waals surface area contributed by atoms with Gasteiger partial charge in [-0.1, -0.05) is 37.3 Å². The first-order valence-electron chi connectivity index (χ1n) is 7.98. The average molecular weight is 289 g/mol. The van der Waals surface area contributed by atoms with Gasteiger partial charge in [0.1, 0.15) is 0 Å². The minimum atomic E-state index is 0.166. The van der Waals surface area contributed by atoms with Gasteiger partial charge in [-0.25, -0.2) is 4.79 Å². The van der Waals surface area contributed by atoms with Crippen molar-refractivity contribution in [3.8, 4) is 0 Å². The molecule has 0 aliphatic carbocycles. The number of likely N-dealkylation sites (tertiary alicyclic amines) is 1. The number of amides is 2. The van der Waals surface area contributed by atoms with Gasteiger partial charge in [0.15, 0.2) is 0 Å². The highest BCUT2D eigenvalue weighted by atomic mass is 16.2. The second-order valence-corrected chi connectivity index (χ2v) is 6.03. The fourth-order valence-electron chi connectivity index (χ4n) is 2.89. The zero-order chi connectivity index (χ0) is 15.1. The fraction of sp³-hybridized carbons (Fsp3) is 0.588. The minimum Gasteiger partial charge on any atom is -0.330 e. The van der Waals surface area contributed by atoms with Crippen LogP contribution in [0.2, 0.25) is 0 Å². The molecule has 0 saturated carbocycles. The number of urea groups is 1. The molecule has 2 rings (SSSR count). The van der Waals surface area contributed by atoms with E-state index in [1.54, 1.807) is 0 Å². The number of benzene rings is 1. The summed E-state index contributed by atoms with van der Waals surface area (Å²) in [4.78, 5) is 16.7. The Morgan fingerprint density at radius 1 is 1.38 bits per heavy atom. The predicted octanol–water partition coefficient (Wildman–Crippen LogP) is 2.69. The molecule has 1 fully saturated rings. The normalized spacial score (nSPS) is 18.6. The molecule has 1 aromatic carbocycles. The molecule has 21 heavy (non-hydrogen) atoms. The van der Waals surface area contributed by atoms with E-state index in [0.29, 0.717) is 19.0 Å². The average Bonchev–Trinajstić information content (AvgIpc) is 2.51. The third-order valence-electron chi connectivity index (χ3n) is 4.05. The number of carbonyl (C=O) groups is 1. The number of nitrogens with zero attached hydrogens (tertiary/aromatic N) is 2. The topological polar surface area (TPSA) is 49.6 Å². The van der Waals surface area contributed by atoms with Crippen LogP contribution in [0, 0.1) is 5.92 Å². The van der Waals surface area contributed by atoms with E-state index >= 15 is 0 Å². The Labute approximate surface area is 127 Å². The molecule has 1 aliphatic rings. The second-order valence-electron chi connectivity index (χ2n) is 6.03. The van der Waals surface area contributed by atoms with Crippen LogP contribution in [0.5, 0.6) is 0 Å². The van der Waals surface area contributed by atoms with E-state index in [9.17, 15) is 4.79 Å². The lowest BCUT2D eigenvalue weighted by Gasteiger charge is -2.35. The lowest BCUT2D eigenvalue weighted by atomic mass is 10.0. The van der Waals surface area contributed by atoms with Gasteiger partial charge >= 0.3 is 6.03 Å². The predicted molar refractivity (Wildman–Crippen MR) is 85.9 cm³/mol. The zero-order valence-electron chi connectivity index (χ0n) is 13.0. The zero-order valence-corrected chi connectivity index (χ0v) is 13.0. The van der Waals surface area contributed by atoms with E-state index in [1.165, 1.54) is 12.0 Å². The quantitative estimate of drug-likeness (QED) is 0.906. The summed E-state index contributed by atoms with van der Waals surface area (Å²) in [5.74, 6) is 0.607. The summed E-state index contributed by atoms with van der Waals surface area (Å²) in [6.07, 6.45) is 3.19. The number of hydrogen-bond acceptors (Lipinski definition) is 2. The van der Waals surface area contributed by atoms with Crippen LogP contribution in [-0.4, -0.2) is 42.0 Å². The van der Waals surface area contributed by atoms with Crippen molar-refractivity contribution in [3.05, 3.63) is 35.9 Å². The van der Waals surface area contributed by atoms with Gasteiger partial charge in [0.25, 0.3) is 0 Å².